The van der Waals surface area contributed by atoms with Crippen LogP contribution in [0.3, 0.4) is 0 Å². The second-order valence-electron chi connectivity index (χ2n) is 6.51. The van der Waals surface area contributed by atoms with Crippen LogP contribution in [0.15, 0.2) is 36.4 Å². The summed E-state index contributed by atoms with van der Waals surface area (Å²) in [5, 5.41) is 8.67. The Kier molecular flexibility index (Phi) is 5.97. The van der Waals surface area contributed by atoms with E-state index in [4.69, 9.17) is 14.6 Å². The van der Waals surface area contributed by atoms with Gasteiger partial charge in [-0.05, 0) is 44.7 Å². The average molecular weight is 318 g/mol. The van der Waals surface area contributed by atoms with Gasteiger partial charge in [0.15, 0.2) is 5.79 Å². The zero-order valence-electron chi connectivity index (χ0n) is 14.1. The van der Waals surface area contributed by atoms with Gasteiger partial charge in [0.2, 0.25) is 0 Å². The first kappa shape index (κ1) is 17.7. The Hall–Kier alpha value is -1.65. The van der Waals surface area contributed by atoms with Gasteiger partial charge in [0.05, 0.1) is 12.7 Å². The molecule has 1 N–H and O–H groups in total. The van der Waals surface area contributed by atoms with E-state index in [1.165, 1.54) is 11.1 Å². The van der Waals surface area contributed by atoms with Gasteiger partial charge in [-0.15, -0.1) is 0 Å². The summed E-state index contributed by atoms with van der Waals surface area (Å²) in [6, 6.07) is 8.28. The summed E-state index contributed by atoms with van der Waals surface area (Å²) in [6.07, 6.45) is 5.51. The molecule has 4 nitrogen and oxygen atoms in total. The molecule has 1 aromatic carbocycles. The zero-order valence-corrected chi connectivity index (χ0v) is 14.1. The topological polar surface area (TPSA) is 55.8 Å². The number of hydrogen-bond acceptors (Lipinski definition) is 3. The van der Waals surface area contributed by atoms with E-state index in [-0.39, 0.29) is 18.4 Å². The summed E-state index contributed by atoms with van der Waals surface area (Å²) >= 11 is 0. The Balaban J connectivity index is 2.07. The van der Waals surface area contributed by atoms with Crippen LogP contribution < -0.4 is 0 Å². The number of hydrogen-bond donors (Lipinski definition) is 1. The van der Waals surface area contributed by atoms with E-state index >= 15 is 0 Å². The lowest BCUT2D eigenvalue weighted by molar-refractivity contribution is -0.295. The van der Waals surface area contributed by atoms with Crippen LogP contribution in [-0.2, 0) is 14.3 Å². The third-order valence-electron chi connectivity index (χ3n) is 4.11. The quantitative estimate of drug-likeness (QED) is 0.797. The maximum Gasteiger partial charge on any atom is 0.303 e. The monoisotopic (exact) mass is 318 g/mol. The number of carboxylic acid groups (broad SMARTS) is 1. The summed E-state index contributed by atoms with van der Waals surface area (Å²) in [5.41, 5.74) is 2.42. The molecule has 1 aliphatic heterocycles. The molecule has 2 rings (SSSR count). The van der Waals surface area contributed by atoms with Gasteiger partial charge in [-0.3, -0.25) is 4.79 Å². The summed E-state index contributed by atoms with van der Waals surface area (Å²) in [4.78, 5) is 10.5. The van der Waals surface area contributed by atoms with Gasteiger partial charge in [-0.2, -0.15) is 0 Å². The number of aryl methyl sites for hydroxylation is 1. The highest BCUT2D eigenvalue weighted by Crippen LogP contribution is 2.39. The van der Waals surface area contributed by atoms with Crippen LogP contribution in [0.4, 0.5) is 0 Å². The minimum absolute atomic E-state index is 0.0101. The molecule has 0 spiro atoms. The predicted octanol–water partition coefficient (Wildman–Crippen LogP) is 4.25. The molecule has 126 valence electrons. The molecule has 1 heterocycles. The third-order valence-corrected chi connectivity index (χ3v) is 4.11. The molecular weight excluding hydrogens is 292 g/mol. The number of aliphatic carboxylic acids is 1. The summed E-state index contributed by atoms with van der Waals surface area (Å²) in [5.74, 6) is -1.13. The van der Waals surface area contributed by atoms with Crippen molar-refractivity contribution in [3.8, 4) is 0 Å². The van der Waals surface area contributed by atoms with Crippen molar-refractivity contribution < 1.29 is 19.4 Å². The highest BCUT2D eigenvalue weighted by Gasteiger charge is 2.37. The molecule has 0 amide bonds. The van der Waals surface area contributed by atoms with Crippen LogP contribution in [0.1, 0.15) is 50.3 Å². The highest BCUT2D eigenvalue weighted by atomic mass is 16.7. The van der Waals surface area contributed by atoms with Crippen molar-refractivity contribution in [2.45, 2.75) is 51.9 Å². The zero-order chi connectivity index (χ0) is 16.9. The van der Waals surface area contributed by atoms with E-state index in [2.05, 4.69) is 19.1 Å². The second-order valence-corrected chi connectivity index (χ2v) is 6.51. The van der Waals surface area contributed by atoms with Gasteiger partial charge in [-0.25, -0.2) is 0 Å². The largest absolute Gasteiger partial charge is 0.481 e. The molecule has 0 unspecified atom stereocenters. The molecule has 0 aliphatic carbocycles. The van der Waals surface area contributed by atoms with Crippen LogP contribution in [0, 0.1) is 12.8 Å². The Bertz CT molecular complexity index is 562. The fourth-order valence-corrected chi connectivity index (χ4v) is 2.84. The average Bonchev–Trinajstić information content (AvgIpc) is 2.48. The molecule has 0 aromatic heterocycles. The molecule has 0 radical (unpaired) electrons. The maximum absolute atomic E-state index is 10.5. The molecule has 2 atom stereocenters. The van der Waals surface area contributed by atoms with Gasteiger partial charge in [-0.1, -0.05) is 36.4 Å². The van der Waals surface area contributed by atoms with E-state index in [0.717, 1.165) is 6.42 Å². The van der Waals surface area contributed by atoms with Crippen LogP contribution in [0.25, 0.3) is 0 Å². The summed E-state index contributed by atoms with van der Waals surface area (Å²) in [7, 11) is 0. The first-order chi connectivity index (χ1) is 10.9. The van der Waals surface area contributed by atoms with Crippen LogP contribution >= 0.6 is 0 Å². The van der Waals surface area contributed by atoms with Gasteiger partial charge in [0, 0.05) is 12.3 Å². The fourth-order valence-electron chi connectivity index (χ4n) is 2.84. The SMILES string of the molecule is Cc1ccccc1[C@H]1OC(C)(C)OC[C@H]1C/C=C\CCC(=O)O. The fraction of sp³-hybridized carbons (Fsp3) is 0.526. The summed E-state index contributed by atoms with van der Waals surface area (Å²) in [6.45, 7) is 6.62. The van der Waals surface area contributed by atoms with Gasteiger partial charge in [0.25, 0.3) is 0 Å². The first-order valence-electron chi connectivity index (χ1n) is 8.13. The number of allylic oxidation sites excluding steroid dienone is 2. The Labute approximate surface area is 138 Å². The molecule has 1 aliphatic rings. The van der Waals surface area contributed by atoms with Gasteiger partial charge in [0.1, 0.15) is 0 Å². The molecule has 0 saturated carbocycles. The number of benzene rings is 1. The molecule has 1 saturated heterocycles. The Morgan fingerprint density at radius 2 is 2.09 bits per heavy atom. The molecule has 1 aromatic rings. The van der Waals surface area contributed by atoms with Crippen molar-refractivity contribution in [2.24, 2.45) is 5.92 Å². The molecular formula is C19H26O4. The normalized spacial score (nSPS) is 24.0. The summed E-state index contributed by atoms with van der Waals surface area (Å²) < 4.78 is 12.0. The third kappa shape index (κ3) is 5.19. The smallest absolute Gasteiger partial charge is 0.303 e. The Morgan fingerprint density at radius 1 is 1.35 bits per heavy atom. The molecule has 23 heavy (non-hydrogen) atoms. The van der Waals surface area contributed by atoms with Crippen molar-refractivity contribution >= 4 is 5.97 Å². The number of carboxylic acids is 1. The van der Waals surface area contributed by atoms with Crippen molar-refractivity contribution in [2.75, 3.05) is 6.61 Å². The van der Waals surface area contributed by atoms with E-state index in [1.54, 1.807) is 0 Å². The second kappa shape index (κ2) is 7.75. The lowest BCUT2D eigenvalue weighted by atomic mass is 9.89. The van der Waals surface area contributed by atoms with E-state index in [0.29, 0.717) is 13.0 Å². The number of rotatable bonds is 6. The first-order valence-corrected chi connectivity index (χ1v) is 8.13. The minimum atomic E-state index is -0.765. The Morgan fingerprint density at radius 3 is 2.78 bits per heavy atom. The lowest BCUT2D eigenvalue weighted by Gasteiger charge is -2.41. The minimum Gasteiger partial charge on any atom is -0.481 e. The van der Waals surface area contributed by atoms with Crippen LogP contribution in [0.2, 0.25) is 0 Å². The molecule has 1 fully saturated rings. The number of carbonyl (C=O) groups is 1. The van der Waals surface area contributed by atoms with Crippen molar-refractivity contribution in [1.29, 1.82) is 0 Å². The van der Waals surface area contributed by atoms with E-state index in [1.807, 2.05) is 38.1 Å². The van der Waals surface area contributed by atoms with E-state index < -0.39 is 11.8 Å². The lowest BCUT2D eigenvalue weighted by Crippen LogP contribution is -2.41. The van der Waals surface area contributed by atoms with Gasteiger partial charge < -0.3 is 14.6 Å². The van der Waals surface area contributed by atoms with Gasteiger partial charge >= 0.3 is 5.97 Å². The van der Waals surface area contributed by atoms with Crippen LogP contribution in [-0.4, -0.2) is 23.5 Å². The molecule has 4 heteroatoms. The van der Waals surface area contributed by atoms with Crippen molar-refractivity contribution in [3.05, 3.63) is 47.5 Å². The number of ether oxygens (including phenoxy) is 2. The van der Waals surface area contributed by atoms with E-state index in [9.17, 15) is 4.79 Å². The predicted molar refractivity (Wildman–Crippen MR) is 89.2 cm³/mol. The van der Waals surface area contributed by atoms with Crippen molar-refractivity contribution in [1.82, 2.24) is 0 Å². The van der Waals surface area contributed by atoms with Crippen molar-refractivity contribution in [3.63, 3.8) is 0 Å². The standard InChI is InChI=1S/C19H26O4/c1-14-9-7-8-11-16(14)18-15(13-22-19(2,3)23-18)10-5-4-6-12-17(20)21/h4-5,7-9,11,15,18H,6,10,12-13H2,1-3H3,(H,20,21)/b5-4-/t15-,18+/m1/s1. The highest BCUT2D eigenvalue weighted by molar-refractivity contribution is 5.66. The maximum atomic E-state index is 10.5. The van der Waals surface area contributed by atoms with Crippen LogP contribution in [0.5, 0.6) is 0 Å². The molecule has 0 bridgehead atoms.